The summed E-state index contributed by atoms with van der Waals surface area (Å²) in [6.07, 6.45) is 0. The smallest absolute Gasteiger partial charge is 0.318 e. The Bertz CT molecular complexity index is 178. The van der Waals surface area contributed by atoms with Crippen molar-refractivity contribution < 1.29 is 4.79 Å². The summed E-state index contributed by atoms with van der Waals surface area (Å²) in [5, 5.41) is 10.3. The first-order valence-corrected chi connectivity index (χ1v) is 4.69. The number of nitrogens with two attached hydrogens (primary N) is 1. The van der Waals surface area contributed by atoms with Gasteiger partial charge in [0.25, 0.3) is 0 Å². The molecule has 14 heavy (non-hydrogen) atoms. The predicted molar refractivity (Wildman–Crippen MR) is 72.1 cm³/mol. The Kier molecular flexibility index (Phi) is 15.8. The molecule has 0 aromatic heterocycles. The van der Waals surface area contributed by atoms with E-state index in [9.17, 15) is 4.79 Å². The maximum atomic E-state index is 10.4. The molecule has 5 nitrogen and oxygen atoms in total. The van der Waals surface area contributed by atoms with Crippen LogP contribution in [0.3, 0.4) is 0 Å². The number of carbonyl (C=O) groups excluding carboxylic acids is 1. The minimum absolute atomic E-state index is 0. The highest BCUT2D eigenvalue weighted by Gasteiger charge is 2.07. The van der Waals surface area contributed by atoms with Gasteiger partial charge in [-0.3, -0.25) is 10.7 Å². The highest BCUT2D eigenvalue weighted by atomic mass is 79.9. The van der Waals surface area contributed by atoms with Crippen LogP contribution in [0.15, 0.2) is 0 Å². The first-order valence-electron chi connectivity index (χ1n) is 3.57. The topological polar surface area (TPSA) is 82.2 Å². The lowest BCUT2D eigenvalue weighted by atomic mass is 10.5. The van der Waals surface area contributed by atoms with Crippen molar-refractivity contribution in [2.75, 3.05) is 18.4 Å². The average Bonchev–Trinajstić information content (AvgIpc) is 1.98. The molecule has 0 heterocycles. The Labute approximate surface area is 113 Å². The molecule has 0 bridgehead atoms. The lowest BCUT2D eigenvalue weighted by Crippen LogP contribution is -2.46. The monoisotopic (exact) mass is 396 g/mol. The maximum absolute atomic E-state index is 10.4. The Balaban J connectivity index is -0.000000605. The zero-order chi connectivity index (χ0) is 9.56. The molecule has 0 unspecified atom stereocenters. The summed E-state index contributed by atoms with van der Waals surface area (Å²) < 4.78 is 0. The molecule has 0 saturated carbocycles. The standard InChI is InChI=1S/C6H13BrN4O.2BrH/c1-2-11(4-3-7)5(8)10-6(9)12;;/h2-4H2,1H3,(H4,8,9,10,12);2*1H. The molecule has 0 rings (SSSR count). The molecular formula is C6H15Br3N4O. The van der Waals surface area contributed by atoms with Gasteiger partial charge in [0.2, 0.25) is 0 Å². The second-order valence-corrected chi connectivity index (χ2v) is 2.90. The van der Waals surface area contributed by atoms with Gasteiger partial charge in [0, 0.05) is 18.4 Å². The number of alkyl halides is 1. The SMILES string of the molecule is Br.Br.CCN(CCBr)C(=N)NC(N)=O. The summed E-state index contributed by atoms with van der Waals surface area (Å²) in [4.78, 5) is 12.1. The molecule has 0 radical (unpaired) electrons. The lowest BCUT2D eigenvalue weighted by Gasteiger charge is -2.21. The fourth-order valence-corrected chi connectivity index (χ4v) is 1.15. The molecule has 0 fully saturated rings. The zero-order valence-electron chi connectivity index (χ0n) is 7.75. The Morgan fingerprint density at radius 1 is 1.57 bits per heavy atom. The molecule has 8 heteroatoms. The summed E-state index contributed by atoms with van der Waals surface area (Å²) in [6, 6.07) is -0.701. The van der Waals surface area contributed by atoms with Crippen molar-refractivity contribution in [2.45, 2.75) is 6.92 Å². The van der Waals surface area contributed by atoms with Crippen molar-refractivity contribution in [3.63, 3.8) is 0 Å². The van der Waals surface area contributed by atoms with Gasteiger partial charge in [-0.15, -0.1) is 34.0 Å². The van der Waals surface area contributed by atoms with Crippen molar-refractivity contribution in [3.8, 4) is 0 Å². The number of urea groups is 1. The number of guanidine groups is 1. The Hall–Kier alpha value is 0.180. The van der Waals surface area contributed by atoms with Crippen LogP contribution in [0.1, 0.15) is 6.92 Å². The zero-order valence-corrected chi connectivity index (χ0v) is 12.8. The molecule has 2 amide bonds. The third kappa shape index (κ3) is 8.76. The first-order chi connectivity index (χ1) is 5.61. The number of rotatable bonds is 3. The van der Waals surface area contributed by atoms with Gasteiger partial charge in [-0.2, -0.15) is 0 Å². The highest BCUT2D eigenvalue weighted by Crippen LogP contribution is 1.90. The van der Waals surface area contributed by atoms with Gasteiger partial charge in [0.15, 0.2) is 5.96 Å². The number of primary amides is 1. The average molecular weight is 399 g/mol. The van der Waals surface area contributed by atoms with E-state index in [1.165, 1.54) is 0 Å². The van der Waals surface area contributed by atoms with Gasteiger partial charge in [-0.1, -0.05) is 15.9 Å². The van der Waals surface area contributed by atoms with E-state index in [1.807, 2.05) is 6.92 Å². The van der Waals surface area contributed by atoms with E-state index in [4.69, 9.17) is 11.1 Å². The summed E-state index contributed by atoms with van der Waals surface area (Å²) >= 11 is 3.24. The van der Waals surface area contributed by atoms with E-state index >= 15 is 0 Å². The fourth-order valence-electron chi connectivity index (χ4n) is 0.726. The molecule has 0 saturated heterocycles. The van der Waals surface area contributed by atoms with Gasteiger partial charge < -0.3 is 10.6 Å². The van der Waals surface area contributed by atoms with Crippen molar-refractivity contribution in [3.05, 3.63) is 0 Å². The van der Waals surface area contributed by atoms with E-state index in [0.29, 0.717) is 13.1 Å². The second-order valence-electron chi connectivity index (χ2n) is 2.11. The van der Waals surface area contributed by atoms with Gasteiger partial charge in [0.05, 0.1) is 0 Å². The van der Waals surface area contributed by atoms with Gasteiger partial charge in [0.1, 0.15) is 0 Å². The van der Waals surface area contributed by atoms with Crippen molar-refractivity contribution in [1.82, 2.24) is 10.2 Å². The number of halogens is 3. The summed E-state index contributed by atoms with van der Waals surface area (Å²) in [5.74, 6) is 0.0458. The van der Waals surface area contributed by atoms with Crippen molar-refractivity contribution in [1.29, 1.82) is 5.41 Å². The molecule has 0 atom stereocenters. The number of nitrogens with zero attached hydrogens (tertiary/aromatic N) is 1. The van der Waals surface area contributed by atoms with Gasteiger partial charge >= 0.3 is 6.03 Å². The van der Waals surface area contributed by atoms with E-state index in [2.05, 4.69) is 21.2 Å². The van der Waals surface area contributed by atoms with E-state index in [1.54, 1.807) is 4.90 Å². The molecule has 86 valence electrons. The molecule has 0 aromatic carbocycles. The molecule has 0 aromatic rings. The van der Waals surface area contributed by atoms with Crippen LogP contribution < -0.4 is 11.1 Å². The molecule has 0 aliphatic rings. The number of hydrogen-bond acceptors (Lipinski definition) is 2. The number of carbonyl (C=O) groups is 1. The van der Waals surface area contributed by atoms with E-state index < -0.39 is 6.03 Å². The Morgan fingerprint density at radius 2 is 2.07 bits per heavy atom. The van der Waals surface area contributed by atoms with Crippen LogP contribution in [-0.4, -0.2) is 35.3 Å². The van der Waals surface area contributed by atoms with Crippen LogP contribution in [0, 0.1) is 5.41 Å². The normalized spacial score (nSPS) is 7.86. The van der Waals surface area contributed by atoms with Gasteiger partial charge in [-0.05, 0) is 6.92 Å². The van der Waals surface area contributed by atoms with Gasteiger partial charge in [-0.25, -0.2) is 4.79 Å². The summed E-state index contributed by atoms with van der Waals surface area (Å²) in [7, 11) is 0. The largest absolute Gasteiger partial charge is 0.351 e. The summed E-state index contributed by atoms with van der Waals surface area (Å²) in [5.41, 5.74) is 4.85. The van der Waals surface area contributed by atoms with E-state index in [0.717, 1.165) is 5.33 Å². The van der Waals surface area contributed by atoms with Crippen LogP contribution in [0.4, 0.5) is 4.79 Å². The minimum Gasteiger partial charge on any atom is -0.351 e. The lowest BCUT2D eigenvalue weighted by molar-refractivity contribution is 0.251. The minimum atomic E-state index is -0.701. The van der Waals surface area contributed by atoms with Crippen LogP contribution in [0.25, 0.3) is 0 Å². The molecule has 4 N–H and O–H groups in total. The molecule has 0 spiro atoms. The third-order valence-electron chi connectivity index (χ3n) is 1.29. The quantitative estimate of drug-likeness (QED) is 0.382. The van der Waals surface area contributed by atoms with Crippen LogP contribution in [-0.2, 0) is 0 Å². The van der Waals surface area contributed by atoms with Crippen molar-refractivity contribution in [2.24, 2.45) is 5.73 Å². The molecular weight excluding hydrogens is 384 g/mol. The molecule has 0 aliphatic carbocycles. The first kappa shape index (κ1) is 19.7. The third-order valence-corrected chi connectivity index (χ3v) is 1.65. The maximum Gasteiger partial charge on any atom is 0.318 e. The van der Waals surface area contributed by atoms with Crippen LogP contribution in [0.5, 0.6) is 0 Å². The number of hydrogen-bond donors (Lipinski definition) is 3. The van der Waals surface area contributed by atoms with Crippen molar-refractivity contribution >= 4 is 61.9 Å². The highest BCUT2D eigenvalue weighted by molar-refractivity contribution is 9.09. The number of nitrogens with one attached hydrogen (secondary N) is 2. The number of amides is 2. The van der Waals surface area contributed by atoms with E-state index in [-0.39, 0.29) is 39.9 Å². The van der Waals surface area contributed by atoms with Crippen LogP contribution >= 0.6 is 49.9 Å². The van der Waals surface area contributed by atoms with Crippen LogP contribution in [0.2, 0.25) is 0 Å². The second kappa shape index (κ2) is 11.3. The fraction of sp³-hybridized carbons (Fsp3) is 0.667. The molecule has 0 aliphatic heterocycles. The predicted octanol–water partition coefficient (Wildman–Crippen LogP) is 1.46. The summed E-state index contributed by atoms with van der Waals surface area (Å²) in [6.45, 7) is 3.25. The Morgan fingerprint density at radius 3 is 2.36 bits per heavy atom.